The Kier molecular flexibility index (Phi) is 5.60. The lowest BCUT2D eigenvalue weighted by molar-refractivity contribution is -0.136. The normalized spacial score (nSPS) is 12.0. The first-order chi connectivity index (χ1) is 10.9. The molecule has 1 heterocycles. The van der Waals surface area contributed by atoms with Gasteiger partial charge in [0.25, 0.3) is 5.91 Å². The molecule has 23 heavy (non-hydrogen) atoms. The van der Waals surface area contributed by atoms with Gasteiger partial charge in [-0.2, -0.15) is 0 Å². The van der Waals surface area contributed by atoms with Crippen molar-refractivity contribution in [2.24, 2.45) is 0 Å². The number of hydrogen-bond donors (Lipinski definition) is 2. The number of benzene rings is 1. The summed E-state index contributed by atoms with van der Waals surface area (Å²) < 4.78 is 6.20. The van der Waals surface area contributed by atoms with Gasteiger partial charge in [0.1, 0.15) is 12.2 Å². The van der Waals surface area contributed by atoms with Crippen LogP contribution in [0.3, 0.4) is 0 Å². The molecule has 1 atom stereocenters. The van der Waals surface area contributed by atoms with Crippen LogP contribution >= 0.6 is 15.9 Å². The molecule has 6 heteroatoms. The molecule has 0 saturated carbocycles. The Morgan fingerprint density at radius 2 is 1.96 bits per heavy atom. The number of aryl methyl sites for hydroxylation is 1. The van der Waals surface area contributed by atoms with E-state index in [9.17, 15) is 9.59 Å². The molecule has 2 aromatic rings. The molecule has 0 aliphatic rings. The molecular formula is C17H18BrNO4. The lowest BCUT2D eigenvalue weighted by Crippen LogP contribution is -2.34. The summed E-state index contributed by atoms with van der Waals surface area (Å²) in [4.78, 5) is 23.3. The van der Waals surface area contributed by atoms with Crippen LogP contribution in [0.2, 0.25) is 0 Å². The largest absolute Gasteiger partial charge is 0.481 e. The topological polar surface area (TPSA) is 79.5 Å². The van der Waals surface area contributed by atoms with Crippen LogP contribution in [0.25, 0.3) is 0 Å². The van der Waals surface area contributed by atoms with Crippen molar-refractivity contribution in [2.75, 3.05) is 0 Å². The van der Waals surface area contributed by atoms with Crippen molar-refractivity contribution in [2.45, 2.75) is 32.7 Å². The van der Waals surface area contributed by atoms with Gasteiger partial charge in [-0.15, -0.1) is 0 Å². The Morgan fingerprint density at radius 1 is 1.30 bits per heavy atom. The van der Waals surface area contributed by atoms with Crippen LogP contribution in [0, 0.1) is 6.92 Å². The van der Waals surface area contributed by atoms with E-state index >= 15 is 0 Å². The molecule has 5 nitrogen and oxygen atoms in total. The van der Waals surface area contributed by atoms with Crippen LogP contribution in [0.4, 0.5) is 0 Å². The van der Waals surface area contributed by atoms with E-state index in [1.165, 1.54) is 6.26 Å². The lowest BCUT2D eigenvalue weighted by atomic mass is 10.1. The summed E-state index contributed by atoms with van der Waals surface area (Å²) in [5.74, 6) is -1.16. The second-order valence-electron chi connectivity index (χ2n) is 5.49. The lowest BCUT2D eigenvalue weighted by Gasteiger charge is -2.14. The number of aliphatic carboxylic acids is 1. The minimum atomic E-state index is -1.03. The monoisotopic (exact) mass is 379 g/mol. The number of rotatable bonds is 6. The molecule has 122 valence electrons. The highest BCUT2D eigenvalue weighted by molar-refractivity contribution is 9.10. The van der Waals surface area contributed by atoms with E-state index in [-0.39, 0.29) is 24.1 Å². The first-order valence-electron chi connectivity index (χ1n) is 7.21. The number of halogens is 1. The highest BCUT2D eigenvalue weighted by atomic mass is 79.9. The molecule has 0 bridgehead atoms. The van der Waals surface area contributed by atoms with Gasteiger partial charge in [-0.3, -0.25) is 9.59 Å². The van der Waals surface area contributed by atoms with E-state index in [1.54, 1.807) is 6.92 Å². The number of carbonyl (C=O) groups excluding carboxylic acids is 1. The van der Waals surface area contributed by atoms with Crippen LogP contribution in [0.15, 0.2) is 39.4 Å². The molecular weight excluding hydrogens is 362 g/mol. The summed E-state index contributed by atoms with van der Waals surface area (Å²) in [7, 11) is 0. The molecule has 0 aliphatic carbocycles. The molecule has 0 aliphatic heterocycles. The molecule has 0 saturated heterocycles. The molecule has 1 aromatic heterocycles. The molecule has 2 N–H and O–H groups in total. The van der Waals surface area contributed by atoms with E-state index in [4.69, 9.17) is 9.52 Å². The van der Waals surface area contributed by atoms with Crippen molar-refractivity contribution in [3.05, 3.63) is 57.5 Å². The van der Waals surface area contributed by atoms with E-state index in [0.29, 0.717) is 17.5 Å². The highest BCUT2D eigenvalue weighted by Gasteiger charge is 2.21. The van der Waals surface area contributed by atoms with Crippen LogP contribution in [0.1, 0.15) is 34.2 Å². The first-order valence-corrected chi connectivity index (χ1v) is 8.00. The zero-order chi connectivity index (χ0) is 17.0. The van der Waals surface area contributed by atoms with Crippen LogP contribution in [-0.2, 0) is 17.6 Å². The third-order valence-corrected chi connectivity index (χ3v) is 3.95. The number of carboxylic acid groups (broad SMARTS) is 1. The average Bonchev–Trinajstić information content (AvgIpc) is 2.81. The van der Waals surface area contributed by atoms with Crippen molar-refractivity contribution in [3.63, 3.8) is 0 Å². The van der Waals surface area contributed by atoms with Gasteiger partial charge in [-0.25, -0.2) is 0 Å². The average molecular weight is 380 g/mol. The van der Waals surface area contributed by atoms with Gasteiger partial charge < -0.3 is 14.8 Å². The number of carboxylic acids is 1. The Balaban J connectivity index is 2.05. The number of carbonyl (C=O) groups is 2. The third-order valence-electron chi connectivity index (χ3n) is 3.42. The predicted octanol–water partition coefficient (Wildman–Crippen LogP) is 3.34. The standard InChI is InChI=1S/C17H18BrNO4/c1-10-9-23-14(8-15(20)21)16(10)17(22)19-11(2)7-12-3-5-13(18)6-4-12/h3-6,9,11H,7-8H2,1-2H3,(H,19,22)(H,20,21). The smallest absolute Gasteiger partial charge is 0.311 e. The van der Waals surface area contributed by atoms with Crippen LogP contribution < -0.4 is 5.32 Å². The zero-order valence-electron chi connectivity index (χ0n) is 12.9. The van der Waals surface area contributed by atoms with Gasteiger partial charge in [0.15, 0.2) is 0 Å². The van der Waals surface area contributed by atoms with Gasteiger partial charge in [0.05, 0.1) is 11.8 Å². The van der Waals surface area contributed by atoms with E-state index < -0.39 is 5.97 Å². The van der Waals surface area contributed by atoms with Gasteiger partial charge in [0, 0.05) is 16.1 Å². The van der Waals surface area contributed by atoms with Gasteiger partial charge in [-0.1, -0.05) is 28.1 Å². The summed E-state index contributed by atoms with van der Waals surface area (Å²) in [6.45, 7) is 3.63. The Bertz CT molecular complexity index is 706. The summed E-state index contributed by atoms with van der Waals surface area (Å²) in [5, 5.41) is 11.8. The van der Waals surface area contributed by atoms with Gasteiger partial charge in [-0.05, 0) is 38.0 Å². The van der Waals surface area contributed by atoms with Crippen LogP contribution in [0.5, 0.6) is 0 Å². The van der Waals surface area contributed by atoms with Gasteiger partial charge in [0.2, 0.25) is 0 Å². The second-order valence-corrected chi connectivity index (χ2v) is 6.41. The summed E-state index contributed by atoms with van der Waals surface area (Å²) in [5.41, 5.74) is 2.06. The quantitative estimate of drug-likeness (QED) is 0.806. The molecule has 1 amide bonds. The third kappa shape index (κ3) is 4.69. The number of hydrogen-bond acceptors (Lipinski definition) is 3. The number of amides is 1. The molecule has 2 rings (SSSR count). The molecule has 1 unspecified atom stereocenters. The number of furan rings is 1. The zero-order valence-corrected chi connectivity index (χ0v) is 14.5. The predicted molar refractivity (Wildman–Crippen MR) is 89.6 cm³/mol. The van der Waals surface area contributed by atoms with Crippen molar-refractivity contribution < 1.29 is 19.1 Å². The van der Waals surface area contributed by atoms with Crippen molar-refractivity contribution in [1.82, 2.24) is 5.32 Å². The highest BCUT2D eigenvalue weighted by Crippen LogP contribution is 2.18. The Labute approximate surface area is 142 Å². The fourth-order valence-corrected chi connectivity index (χ4v) is 2.66. The maximum absolute atomic E-state index is 12.4. The first kappa shape index (κ1) is 17.3. The van der Waals surface area contributed by atoms with Crippen molar-refractivity contribution >= 4 is 27.8 Å². The maximum Gasteiger partial charge on any atom is 0.311 e. The van der Waals surface area contributed by atoms with Crippen molar-refractivity contribution in [1.29, 1.82) is 0 Å². The van der Waals surface area contributed by atoms with E-state index in [1.807, 2.05) is 31.2 Å². The van der Waals surface area contributed by atoms with E-state index in [0.717, 1.165) is 10.0 Å². The molecule has 1 aromatic carbocycles. The van der Waals surface area contributed by atoms with Crippen molar-refractivity contribution in [3.8, 4) is 0 Å². The summed E-state index contributed by atoms with van der Waals surface area (Å²) in [6.07, 6.45) is 1.79. The Hall–Kier alpha value is -2.08. The van der Waals surface area contributed by atoms with Crippen LogP contribution in [-0.4, -0.2) is 23.0 Å². The fraction of sp³-hybridized carbons (Fsp3) is 0.294. The van der Waals surface area contributed by atoms with E-state index in [2.05, 4.69) is 21.2 Å². The summed E-state index contributed by atoms with van der Waals surface area (Å²) in [6, 6.07) is 7.80. The maximum atomic E-state index is 12.4. The SMILES string of the molecule is Cc1coc(CC(=O)O)c1C(=O)NC(C)Cc1ccc(Br)cc1. The minimum absolute atomic E-state index is 0.0874. The Morgan fingerprint density at radius 3 is 2.57 bits per heavy atom. The fourth-order valence-electron chi connectivity index (χ4n) is 2.39. The summed E-state index contributed by atoms with van der Waals surface area (Å²) >= 11 is 3.39. The second kappa shape index (κ2) is 7.46. The molecule has 0 fully saturated rings. The molecule has 0 spiro atoms. The van der Waals surface area contributed by atoms with Gasteiger partial charge >= 0.3 is 5.97 Å². The number of nitrogens with one attached hydrogen (secondary N) is 1. The molecule has 0 radical (unpaired) electrons. The minimum Gasteiger partial charge on any atom is -0.481 e.